The van der Waals surface area contributed by atoms with E-state index >= 15 is 0 Å². The normalized spacial score (nSPS) is 11.6. The smallest absolute Gasteiger partial charge is 0.229 e. The van der Waals surface area contributed by atoms with Gasteiger partial charge in [-0.3, -0.25) is 0 Å². The van der Waals surface area contributed by atoms with Gasteiger partial charge in [-0.1, -0.05) is 133 Å². The molecule has 0 aliphatic rings. The molecule has 11 aromatic rings. The number of furan rings is 1. The molecule has 5 heterocycles. The first-order valence-electron chi connectivity index (χ1n) is 18.5. The van der Waals surface area contributed by atoms with E-state index in [-0.39, 0.29) is 0 Å². The van der Waals surface area contributed by atoms with Crippen molar-refractivity contribution in [2.24, 2.45) is 0 Å². The Morgan fingerprint density at radius 2 is 0.982 bits per heavy atom. The third kappa shape index (κ3) is 5.33. The van der Waals surface area contributed by atoms with E-state index < -0.39 is 0 Å². The summed E-state index contributed by atoms with van der Waals surface area (Å²) in [4.78, 5) is 24.7. The minimum atomic E-state index is 0.532. The number of nitrogens with zero attached hydrogens (tertiary/aromatic N) is 6. The van der Waals surface area contributed by atoms with Crippen LogP contribution < -0.4 is 0 Å². The second-order valence-electron chi connectivity index (χ2n) is 13.7. The first-order chi connectivity index (χ1) is 27.7. The molecule has 0 saturated heterocycles. The lowest BCUT2D eigenvalue weighted by Gasteiger charge is -2.12. The average molecular weight is 719 g/mol. The maximum atomic E-state index is 6.30. The molecule has 0 N–H and O–H groups in total. The van der Waals surface area contributed by atoms with Crippen LogP contribution in [0, 0.1) is 0 Å². The Balaban J connectivity index is 1.04. The Morgan fingerprint density at radius 1 is 0.411 bits per heavy atom. The lowest BCUT2D eigenvalue weighted by Crippen LogP contribution is -1.98. The lowest BCUT2D eigenvalue weighted by atomic mass is 10.0. The SMILES string of the molecule is c1ccc(-c2nc(-c3ccc(-c4nc(-c5ccccc5)nc5c4oc4ncccc45)cc3)cc(-c3cccc(-n4c5ccccc5c5ccccc54)c3)n2)cc1. The molecular formula is C49H30N6O. The minimum Gasteiger partial charge on any atom is -0.434 e. The van der Waals surface area contributed by atoms with E-state index in [0.29, 0.717) is 28.6 Å². The molecule has 0 unspecified atom stereocenters. The zero-order valence-corrected chi connectivity index (χ0v) is 29.9. The predicted octanol–water partition coefficient (Wildman–Crippen LogP) is 12.0. The number of rotatable bonds is 6. The second kappa shape index (κ2) is 13.0. The van der Waals surface area contributed by atoms with Gasteiger partial charge in [0.05, 0.1) is 27.8 Å². The van der Waals surface area contributed by atoms with Crippen LogP contribution in [-0.2, 0) is 0 Å². The van der Waals surface area contributed by atoms with Crippen LogP contribution in [-0.4, -0.2) is 29.5 Å². The molecule has 0 saturated carbocycles. The van der Waals surface area contributed by atoms with Crippen LogP contribution >= 0.6 is 0 Å². The van der Waals surface area contributed by atoms with Crippen molar-refractivity contribution in [2.75, 3.05) is 0 Å². The quantitative estimate of drug-likeness (QED) is 0.170. The van der Waals surface area contributed by atoms with Crippen molar-refractivity contribution in [1.82, 2.24) is 29.5 Å². The average Bonchev–Trinajstić information content (AvgIpc) is 3.83. The number of aromatic nitrogens is 6. The van der Waals surface area contributed by atoms with Gasteiger partial charge in [-0.2, -0.15) is 0 Å². The molecular weight excluding hydrogens is 689 g/mol. The van der Waals surface area contributed by atoms with E-state index in [1.165, 1.54) is 10.8 Å². The summed E-state index contributed by atoms with van der Waals surface area (Å²) in [6.07, 6.45) is 1.73. The Labute approximate surface area is 321 Å². The van der Waals surface area contributed by atoms with Gasteiger partial charge in [-0.05, 0) is 42.5 Å². The standard InChI is InChI=1S/C49H30N6O/c1-3-13-33(14-4-1)47-51-40(30-41(52-47)35-17-11-18-36(29-35)55-42-22-9-7-19-37(42)38-20-8-10-23-43(38)55)31-24-26-32(27-25-31)44-46-45(39-21-12-28-50-49(39)56-46)54-48(53-44)34-15-5-2-6-16-34/h1-30H. The van der Waals surface area contributed by atoms with Gasteiger partial charge in [-0.15, -0.1) is 0 Å². The summed E-state index contributed by atoms with van der Waals surface area (Å²) in [6.45, 7) is 0. The minimum absolute atomic E-state index is 0.532. The molecule has 0 radical (unpaired) electrons. The van der Waals surface area contributed by atoms with E-state index in [9.17, 15) is 0 Å². The monoisotopic (exact) mass is 718 g/mol. The Bertz CT molecular complexity index is 3190. The second-order valence-corrected chi connectivity index (χ2v) is 13.7. The summed E-state index contributed by atoms with van der Waals surface area (Å²) < 4.78 is 8.63. The van der Waals surface area contributed by atoms with Gasteiger partial charge in [0.2, 0.25) is 5.71 Å². The molecule has 5 aromatic heterocycles. The fourth-order valence-electron chi connectivity index (χ4n) is 7.65. The van der Waals surface area contributed by atoms with Crippen molar-refractivity contribution >= 4 is 44.0 Å². The van der Waals surface area contributed by atoms with Gasteiger partial charge < -0.3 is 8.98 Å². The fraction of sp³-hybridized carbons (Fsp3) is 0. The van der Waals surface area contributed by atoms with Crippen LogP contribution in [0.4, 0.5) is 0 Å². The van der Waals surface area contributed by atoms with Gasteiger partial charge in [0.15, 0.2) is 17.2 Å². The predicted molar refractivity (Wildman–Crippen MR) is 224 cm³/mol. The van der Waals surface area contributed by atoms with Crippen LogP contribution in [0.3, 0.4) is 0 Å². The zero-order valence-electron chi connectivity index (χ0n) is 29.9. The molecule has 0 amide bonds. The first-order valence-corrected chi connectivity index (χ1v) is 18.5. The summed E-state index contributed by atoms with van der Waals surface area (Å²) in [7, 11) is 0. The van der Waals surface area contributed by atoms with Gasteiger partial charge in [0.1, 0.15) is 11.2 Å². The fourth-order valence-corrected chi connectivity index (χ4v) is 7.65. The summed E-state index contributed by atoms with van der Waals surface area (Å²) in [5.74, 6) is 1.28. The highest BCUT2D eigenvalue weighted by Crippen LogP contribution is 2.37. The van der Waals surface area contributed by atoms with Gasteiger partial charge >= 0.3 is 0 Å². The third-order valence-corrected chi connectivity index (χ3v) is 10.3. The molecule has 262 valence electrons. The highest BCUT2D eigenvalue weighted by atomic mass is 16.3. The molecule has 0 aliphatic heterocycles. The van der Waals surface area contributed by atoms with Crippen LogP contribution in [0.25, 0.3) is 106 Å². The maximum absolute atomic E-state index is 6.30. The third-order valence-electron chi connectivity index (χ3n) is 10.3. The molecule has 11 rings (SSSR count). The largest absolute Gasteiger partial charge is 0.434 e. The summed E-state index contributed by atoms with van der Waals surface area (Å²) in [6, 6.07) is 60.2. The van der Waals surface area contributed by atoms with Crippen molar-refractivity contribution in [3.05, 3.63) is 182 Å². The van der Waals surface area contributed by atoms with Crippen LogP contribution in [0.15, 0.2) is 187 Å². The van der Waals surface area contributed by atoms with Crippen molar-refractivity contribution in [3.8, 4) is 62.2 Å². The van der Waals surface area contributed by atoms with E-state index in [4.69, 9.17) is 24.4 Å². The lowest BCUT2D eigenvalue weighted by molar-refractivity contribution is 0.652. The maximum Gasteiger partial charge on any atom is 0.229 e. The molecule has 56 heavy (non-hydrogen) atoms. The van der Waals surface area contributed by atoms with Crippen molar-refractivity contribution in [1.29, 1.82) is 0 Å². The molecule has 7 nitrogen and oxygen atoms in total. The van der Waals surface area contributed by atoms with E-state index in [1.807, 2.05) is 72.8 Å². The van der Waals surface area contributed by atoms with Gasteiger partial charge in [0, 0.05) is 50.5 Å². The highest BCUT2D eigenvalue weighted by Gasteiger charge is 2.20. The Morgan fingerprint density at radius 3 is 1.68 bits per heavy atom. The van der Waals surface area contributed by atoms with Crippen molar-refractivity contribution < 1.29 is 4.42 Å². The number of benzene rings is 6. The molecule has 0 bridgehead atoms. The molecule has 0 atom stereocenters. The number of hydrogen-bond donors (Lipinski definition) is 0. The van der Waals surface area contributed by atoms with Gasteiger partial charge in [0.25, 0.3) is 0 Å². The van der Waals surface area contributed by atoms with Crippen LogP contribution in [0.5, 0.6) is 0 Å². The summed E-state index contributed by atoms with van der Waals surface area (Å²) in [5, 5.41) is 3.30. The van der Waals surface area contributed by atoms with Crippen LogP contribution in [0.1, 0.15) is 0 Å². The Kier molecular flexibility index (Phi) is 7.35. The van der Waals surface area contributed by atoms with Crippen LogP contribution in [0.2, 0.25) is 0 Å². The molecule has 0 aliphatic carbocycles. The summed E-state index contributed by atoms with van der Waals surface area (Å²) in [5.41, 5.74) is 12.3. The molecule has 7 heteroatoms. The first kappa shape index (κ1) is 31.7. The Hall–Kier alpha value is -7.77. The van der Waals surface area contributed by atoms with Crippen molar-refractivity contribution in [2.45, 2.75) is 0 Å². The molecule has 0 fully saturated rings. The van der Waals surface area contributed by atoms with E-state index in [2.05, 4.69) is 113 Å². The van der Waals surface area contributed by atoms with Gasteiger partial charge in [-0.25, -0.2) is 24.9 Å². The number of hydrogen-bond acceptors (Lipinski definition) is 6. The summed E-state index contributed by atoms with van der Waals surface area (Å²) >= 11 is 0. The highest BCUT2D eigenvalue weighted by molar-refractivity contribution is 6.09. The topological polar surface area (TPSA) is 82.5 Å². The number of pyridine rings is 1. The van der Waals surface area contributed by atoms with E-state index in [1.54, 1.807) is 6.20 Å². The van der Waals surface area contributed by atoms with Crippen molar-refractivity contribution in [3.63, 3.8) is 0 Å². The number of fused-ring (bicyclic) bond motifs is 6. The van der Waals surface area contributed by atoms with E-state index in [0.717, 1.165) is 66.8 Å². The number of para-hydroxylation sites is 2. The zero-order chi connectivity index (χ0) is 37.0. The molecule has 6 aromatic carbocycles. The molecule has 0 spiro atoms.